The molecule has 0 spiro atoms. The number of halogens is 2. The number of benzene rings is 3. The minimum Gasteiger partial charge on any atom is -0.270 e. The Morgan fingerprint density at radius 3 is 2.25 bits per heavy atom. The second-order valence-corrected chi connectivity index (χ2v) is 8.26. The van der Waals surface area contributed by atoms with Crippen molar-refractivity contribution in [2.45, 2.75) is 17.8 Å². The van der Waals surface area contributed by atoms with Gasteiger partial charge in [-0.1, -0.05) is 57.5 Å². The molecule has 1 heterocycles. The minimum atomic E-state index is -0.269. The smallest absolute Gasteiger partial charge is 0.196 e. The first-order valence-corrected chi connectivity index (χ1v) is 10.5. The van der Waals surface area contributed by atoms with Crippen LogP contribution in [0.15, 0.2) is 82.4 Å². The molecule has 0 saturated heterocycles. The number of aromatic nitrogens is 3. The van der Waals surface area contributed by atoms with Gasteiger partial charge in [-0.05, 0) is 61.0 Å². The lowest BCUT2D eigenvalue weighted by Gasteiger charge is -2.11. The first-order chi connectivity index (χ1) is 13.6. The van der Waals surface area contributed by atoms with Crippen molar-refractivity contribution in [3.05, 3.63) is 94.2 Å². The summed E-state index contributed by atoms with van der Waals surface area (Å²) in [6.45, 7) is 2.06. The standard InChI is InChI=1S/C22H17BrFN3S/c1-15-2-12-20(13-3-15)27-21(17-6-10-19(24)11-7-17)25-26-22(27)28-14-16-4-8-18(23)9-5-16/h2-13H,14H2,1H3. The van der Waals surface area contributed by atoms with E-state index in [1.54, 1.807) is 23.9 Å². The van der Waals surface area contributed by atoms with Gasteiger partial charge in [-0.25, -0.2) is 4.39 Å². The van der Waals surface area contributed by atoms with E-state index in [1.165, 1.54) is 23.3 Å². The molecule has 0 aliphatic heterocycles. The second kappa shape index (κ2) is 8.29. The van der Waals surface area contributed by atoms with Gasteiger partial charge < -0.3 is 0 Å². The average molecular weight is 454 g/mol. The van der Waals surface area contributed by atoms with Gasteiger partial charge in [-0.15, -0.1) is 10.2 Å². The lowest BCUT2D eigenvalue weighted by atomic mass is 10.2. The van der Waals surface area contributed by atoms with E-state index >= 15 is 0 Å². The summed E-state index contributed by atoms with van der Waals surface area (Å²) in [7, 11) is 0. The summed E-state index contributed by atoms with van der Waals surface area (Å²) in [6, 6.07) is 22.8. The van der Waals surface area contributed by atoms with Crippen LogP contribution in [-0.4, -0.2) is 14.8 Å². The van der Waals surface area contributed by atoms with E-state index in [9.17, 15) is 4.39 Å². The summed E-state index contributed by atoms with van der Waals surface area (Å²) in [5, 5.41) is 9.62. The Hall–Kier alpha value is -2.44. The molecule has 28 heavy (non-hydrogen) atoms. The van der Waals surface area contributed by atoms with Crippen LogP contribution in [0.5, 0.6) is 0 Å². The molecular weight excluding hydrogens is 437 g/mol. The minimum absolute atomic E-state index is 0.269. The molecule has 6 heteroatoms. The molecule has 3 aromatic carbocycles. The molecule has 0 atom stereocenters. The Labute approximate surface area is 175 Å². The molecule has 140 valence electrons. The van der Waals surface area contributed by atoms with E-state index in [0.717, 1.165) is 26.6 Å². The number of hydrogen-bond acceptors (Lipinski definition) is 3. The maximum atomic E-state index is 13.4. The van der Waals surface area contributed by atoms with Crippen molar-refractivity contribution in [2.75, 3.05) is 0 Å². The molecule has 0 saturated carbocycles. The number of rotatable bonds is 5. The van der Waals surface area contributed by atoms with Crippen LogP contribution in [0.2, 0.25) is 0 Å². The Morgan fingerprint density at radius 2 is 1.57 bits per heavy atom. The largest absolute Gasteiger partial charge is 0.270 e. The van der Waals surface area contributed by atoms with Gasteiger partial charge in [0.1, 0.15) is 5.82 Å². The van der Waals surface area contributed by atoms with Crippen LogP contribution in [0.4, 0.5) is 4.39 Å². The van der Waals surface area contributed by atoms with Crippen molar-refractivity contribution in [1.82, 2.24) is 14.8 Å². The van der Waals surface area contributed by atoms with Crippen LogP contribution < -0.4 is 0 Å². The molecule has 0 bridgehead atoms. The van der Waals surface area contributed by atoms with Crippen molar-refractivity contribution in [3.63, 3.8) is 0 Å². The fraction of sp³-hybridized carbons (Fsp3) is 0.0909. The topological polar surface area (TPSA) is 30.7 Å². The molecule has 0 amide bonds. The van der Waals surface area contributed by atoms with Crippen LogP contribution in [0.3, 0.4) is 0 Å². The predicted octanol–water partition coefficient (Wildman–Crippen LogP) is 6.44. The number of hydrogen-bond donors (Lipinski definition) is 0. The molecular formula is C22H17BrFN3S. The van der Waals surface area contributed by atoms with Gasteiger partial charge in [0.05, 0.1) is 0 Å². The molecule has 4 rings (SSSR count). The van der Waals surface area contributed by atoms with Gasteiger partial charge >= 0.3 is 0 Å². The van der Waals surface area contributed by atoms with Crippen molar-refractivity contribution in [3.8, 4) is 17.1 Å². The fourth-order valence-electron chi connectivity index (χ4n) is 2.80. The summed E-state index contributed by atoms with van der Waals surface area (Å²) >= 11 is 5.09. The molecule has 0 fully saturated rings. The first kappa shape index (κ1) is 18.9. The lowest BCUT2D eigenvalue weighted by Crippen LogP contribution is -2.00. The van der Waals surface area contributed by atoms with Gasteiger partial charge in [0.25, 0.3) is 0 Å². The van der Waals surface area contributed by atoms with Gasteiger partial charge in [0.15, 0.2) is 11.0 Å². The molecule has 3 nitrogen and oxygen atoms in total. The van der Waals surface area contributed by atoms with Gasteiger partial charge in [0, 0.05) is 21.5 Å². The van der Waals surface area contributed by atoms with Crippen LogP contribution in [0.25, 0.3) is 17.1 Å². The van der Waals surface area contributed by atoms with Crippen molar-refractivity contribution in [1.29, 1.82) is 0 Å². The van der Waals surface area contributed by atoms with Crippen LogP contribution >= 0.6 is 27.7 Å². The quantitative estimate of drug-likeness (QED) is 0.326. The summed E-state index contributed by atoms with van der Waals surface area (Å²) in [5.74, 6) is 1.21. The van der Waals surface area contributed by atoms with E-state index in [2.05, 4.69) is 69.4 Å². The van der Waals surface area contributed by atoms with E-state index in [4.69, 9.17) is 0 Å². The Bertz CT molecular complexity index is 1070. The van der Waals surface area contributed by atoms with E-state index in [1.807, 2.05) is 16.7 Å². The maximum absolute atomic E-state index is 13.4. The van der Waals surface area contributed by atoms with Crippen LogP contribution in [0, 0.1) is 12.7 Å². The molecule has 4 aromatic rings. The summed E-state index contributed by atoms with van der Waals surface area (Å²) in [5.41, 5.74) is 4.19. The van der Waals surface area contributed by atoms with Gasteiger partial charge in [-0.3, -0.25) is 4.57 Å². The van der Waals surface area contributed by atoms with Crippen molar-refractivity contribution >= 4 is 27.7 Å². The normalized spacial score (nSPS) is 11.0. The first-order valence-electron chi connectivity index (χ1n) is 8.76. The maximum Gasteiger partial charge on any atom is 0.196 e. The molecule has 0 radical (unpaired) electrons. The third kappa shape index (κ3) is 4.18. The Kier molecular flexibility index (Phi) is 5.59. The molecule has 1 aromatic heterocycles. The third-order valence-corrected chi connectivity index (χ3v) is 5.84. The number of nitrogens with zero attached hydrogens (tertiary/aromatic N) is 3. The van der Waals surface area contributed by atoms with Gasteiger partial charge in [0.2, 0.25) is 0 Å². The number of thioether (sulfide) groups is 1. The van der Waals surface area contributed by atoms with Crippen molar-refractivity contribution in [2.24, 2.45) is 0 Å². The lowest BCUT2D eigenvalue weighted by molar-refractivity contribution is 0.628. The highest BCUT2D eigenvalue weighted by Crippen LogP contribution is 2.30. The molecule has 0 aliphatic rings. The Balaban J connectivity index is 1.72. The second-order valence-electron chi connectivity index (χ2n) is 6.40. The summed E-state index contributed by atoms with van der Waals surface area (Å²) in [4.78, 5) is 0. The van der Waals surface area contributed by atoms with Crippen LogP contribution in [-0.2, 0) is 5.75 Å². The summed E-state index contributed by atoms with van der Waals surface area (Å²) < 4.78 is 16.4. The van der Waals surface area contributed by atoms with E-state index in [-0.39, 0.29) is 5.82 Å². The van der Waals surface area contributed by atoms with Crippen LogP contribution in [0.1, 0.15) is 11.1 Å². The highest BCUT2D eigenvalue weighted by molar-refractivity contribution is 9.10. The zero-order chi connectivity index (χ0) is 19.5. The third-order valence-electron chi connectivity index (χ3n) is 4.31. The predicted molar refractivity (Wildman–Crippen MR) is 115 cm³/mol. The summed E-state index contributed by atoms with van der Waals surface area (Å²) in [6.07, 6.45) is 0. The Morgan fingerprint density at radius 1 is 0.893 bits per heavy atom. The average Bonchev–Trinajstić information content (AvgIpc) is 3.13. The zero-order valence-electron chi connectivity index (χ0n) is 15.1. The molecule has 0 unspecified atom stereocenters. The van der Waals surface area contributed by atoms with E-state index < -0.39 is 0 Å². The molecule has 0 N–H and O–H groups in total. The fourth-order valence-corrected chi connectivity index (χ4v) is 3.98. The molecule has 0 aliphatic carbocycles. The van der Waals surface area contributed by atoms with E-state index in [0.29, 0.717) is 5.82 Å². The van der Waals surface area contributed by atoms with Crippen molar-refractivity contribution < 1.29 is 4.39 Å². The zero-order valence-corrected chi connectivity index (χ0v) is 17.5. The SMILES string of the molecule is Cc1ccc(-n2c(SCc3ccc(Br)cc3)nnc2-c2ccc(F)cc2)cc1. The highest BCUT2D eigenvalue weighted by atomic mass is 79.9. The monoisotopic (exact) mass is 453 g/mol. The van der Waals surface area contributed by atoms with Gasteiger partial charge in [-0.2, -0.15) is 0 Å². The number of aryl methyl sites for hydroxylation is 1. The highest BCUT2D eigenvalue weighted by Gasteiger charge is 2.16.